The second-order valence-corrected chi connectivity index (χ2v) is 7.32. The highest BCUT2D eigenvalue weighted by Crippen LogP contribution is 2.52. The third kappa shape index (κ3) is 1.96. The van der Waals surface area contributed by atoms with Crippen LogP contribution in [0.5, 0.6) is 0 Å². The van der Waals surface area contributed by atoms with E-state index in [2.05, 4.69) is 0 Å². The predicted molar refractivity (Wildman–Crippen MR) is 54.7 cm³/mol. The van der Waals surface area contributed by atoms with Crippen LogP contribution in [-0.4, -0.2) is 31.1 Å². The Hall–Kier alpha value is -0.0900. The first kappa shape index (κ1) is 10.4. The van der Waals surface area contributed by atoms with Gasteiger partial charge in [-0.2, -0.15) is 0 Å². The maximum atomic E-state index is 11.0. The molecule has 2 rings (SSSR count). The van der Waals surface area contributed by atoms with E-state index in [0.717, 1.165) is 19.3 Å². The van der Waals surface area contributed by atoms with Crippen LogP contribution in [0, 0.1) is 11.8 Å². The molecular formula is C10H18O3S. The molecule has 0 radical (unpaired) electrons. The van der Waals surface area contributed by atoms with Gasteiger partial charge in [0.25, 0.3) is 0 Å². The standard InChI is InChI=1S/C10H18O3S/c1-14(12,13)5-4-10(11)7-8-2-3-9(10)6-8/h8-9,11H,2-7H2,1H3. The summed E-state index contributed by atoms with van der Waals surface area (Å²) in [6.45, 7) is 0. The van der Waals surface area contributed by atoms with Crippen LogP contribution in [0.2, 0.25) is 0 Å². The lowest BCUT2D eigenvalue weighted by molar-refractivity contribution is -0.0155. The van der Waals surface area contributed by atoms with Crippen molar-refractivity contribution in [1.29, 1.82) is 0 Å². The van der Waals surface area contributed by atoms with Gasteiger partial charge in [0.05, 0.1) is 11.4 Å². The Morgan fingerprint density at radius 2 is 2.14 bits per heavy atom. The number of hydrogen-bond donors (Lipinski definition) is 1. The molecule has 4 heteroatoms. The molecule has 0 aromatic carbocycles. The first-order chi connectivity index (χ1) is 6.39. The van der Waals surface area contributed by atoms with Gasteiger partial charge >= 0.3 is 0 Å². The fourth-order valence-corrected chi connectivity index (χ4v) is 3.81. The number of sulfone groups is 1. The van der Waals surface area contributed by atoms with Crippen LogP contribution < -0.4 is 0 Å². The minimum absolute atomic E-state index is 0.132. The third-order valence-corrected chi connectivity index (χ3v) is 4.79. The molecule has 2 fully saturated rings. The smallest absolute Gasteiger partial charge is 0.147 e. The zero-order valence-electron chi connectivity index (χ0n) is 8.57. The molecule has 2 saturated carbocycles. The SMILES string of the molecule is CS(=O)(=O)CCC1(O)CC2CCC1C2. The molecule has 0 aromatic heterocycles. The zero-order valence-corrected chi connectivity index (χ0v) is 9.39. The number of fused-ring (bicyclic) bond motifs is 2. The molecule has 0 saturated heterocycles. The zero-order chi connectivity index (χ0) is 10.4. The molecule has 0 aliphatic heterocycles. The average Bonchev–Trinajstić information content (AvgIpc) is 2.59. The molecule has 1 N–H and O–H groups in total. The van der Waals surface area contributed by atoms with E-state index in [1.807, 2.05) is 0 Å². The Balaban J connectivity index is 1.98. The van der Waals surface area contributed by atoms with Crippen molar-refractivity contribution in [3.8, 4) is 0 Å². The number of rotatable bonds is 3. The molecule has 3 unspecified atom stereocenters. The van der Waals surface area contributed by atoms with E-state index in [4.69, 9.17) is 0 Å². The average molecular weight is 218 g/mol. The molecule has 3 nitrogen and oxygen atoms in total. The van der Waals surface area contributed by atoms with Crippen LogP contribution in [0.3, 0.4) is 0 Å². The van der Waals surface area contributed by atoms with E-state index in [1.54, 1.807) is 0 Å². The van der Waals surface area contributed by atoms with Gasteiger partial charge in [-0.1, -0.05) is 0 Å². The number of aliphatic hydroxyl groups is 1. The van der Waals surface area contributed by atoms with Crippen molar-refractivity contribution in [3.05, 3.63) is 0 Å². The van der Waals surface area contributed by atoms with Gasteiger partial charge in [-0.05, 0) is 43.9 Å². The lowest BCUT2D eigenvalue weighted by Gasteiger charge is -2.32. The molecule has 2 aliphatic carbocycles. The minimum Gasteiger partial charge on any atom is -0.390 e. The lowest BCUT2D eigenvalue weighted by Crippen LogP contribution is -2.36. The Kier molecular flexibility index (Phi) is 2.39. The molecular weight excluding hydrogens is 200 g/mol. The van der Waals surface area contributed by atoms with E-state index >= 15 is 0 Å². The van der Waals surface area contributed by atoms with Crippen molar-refractivity contribution in [2.75, 3.05) is 12.0 Å². The highest BCUT2D eigenvalue weighted by atomic mass is 32.2. The van der Waals surface area contributed by atoms with Gasteiger partial charge in [0.15, 0.2) is 0 Å². The topological polar surface area (TPSA) is 54.4 Å². The fourth-order valence-electron chi connectivity index (χ4n) is 3.08. The second kappa shape index (κ2) is 3.20. The van der Waals surface area contributed by atoms with E-state index < -0.39 is 15.4 Å². The Bertz CT molecular complexity index is 322. The van der Waals surface area contributed by atoms with Crippen molar-refractivity contribution >= 4 is 9.84 Å². The first-order valence-corrected chi connectivity index (χ1v) is 7.35. The summed E-state index contributed by atoms with van der Waals surface area (Å²) in [5.74, 6) is 1.16. The molecule has 2 bridgehead atoms. The maximum absolute atomic E-state index is 11.0. The number of hydrogen-bond acceptors (Lipinski definition) is 3. The Morgan fingerprint density at radius 3 is 2.57 bits per heavy atom. The first-order valence-electron chi connectivity index (χ1n) is 5.29. The van der Waals surface area contributed by atoms with Crippen LogP contribution >= 0.6 is 0 Å². The van der Waals surface area contributed by atoms with Crippen LogP contribution in [0.1, 0.15) is 32.1 Å². The van der Waals surface area contributed by atoms with Crippen LogP contribution in [-0.2, 0) is 9.84 Å². The second-order valence-electron chi connectivity index (χ2n) is 5.06. The maximum Gasteiger partial charge on any atom is 0.147 e. The van der Waals surface area contributed by atoms with Crippen LogP contribution in [0.4, 0.5) is 0 Å². The van der Waals surface area contributed by atoms with Gasteiger partial charge in [-0.15, -0.1) is 0 Å². The van der Waals surface area contributed by atoms with Gasteiger partial charge in [-0.25, -0.2) is 8.42 Å². The normalized spacial score (nSPS) is 41.9. The largest absolute Gasteiger partial charge is 0.390 e. The van der Waals surface area contributed by atoms with Crippen molar-refractivity contribution in [2.45, 2.75) is 37.7 Å². The van der Waals surface area contributed by atoms with Crippen molar-refractivity contribution < 1.29 is 13.5 Å². The van der Waals surface area contributed by atoms with Gasteiger partial charge < -0.3 is 5.11 Å². The molecule has 2 aliphatic rings. The highest BCUT2D eigenvalue weighted by Gasteiger charge is 2.49. The summed E-state index contributed by atoms with van der Waals surface area (Å²) in [5.41, 5.74) is -0.661. The van der Waals surface area contributed by atoms with Gasteiger partial charge in [0, 0.05) is 6.26 Å². The van der Waals surface area contributed by atoms with Gasteiger partial charge in [0.1, 0.15) is 9.84 Å². The highest BCUT2D eigenvalue weighted by molar-refractivity contribution is 7.90. The Morgan fingerprint density at radius 1 is 1.43 bits per heavy atom. The van der Waals surface area contributed by atoms with Gasteiger partial charge in [-0.3, -0.25) is 0 Å². The Labute approximate surface area is 85.4 Å². The van der Waals surface area contributed by atoms with Crippen LogP contribution in [0.15, 0.2) is 0 Å². The minimum atomic E-state index is -2.93. The summed E-state index contributed by atoms with van der Waals surface area (Å²) in [5, 5.41) is 10.3. The quantitative estimate of drug-likeness (QED) is 0.768. The summed E-state index contributed by atoms with van der Waals surface area (Å²) in [7, 11) is -2.93. The summed E-state index contributed by atoms with van der Waals surface area (Å²) in [4.78, 5) is 0. The van der Waals surface area contributed by atoms with Gasteiger partial charge in [0.2, 0.25) is 0 Å². The van der Waals surface area contributed by atoms with Crippen molar-refractivity contribution in [1.82, 2.24) is 0 Å². The molecule has 0 amide bonds. The van der Waals surface area contributed by atoms with Crippen molar-refractivity contribution in [3.63, 3.8) is 0 Å². The molecule has 0 aromatic rings. The predicted octanol–water partition coefficient (Wildman–Crippen LogP) is 0.972. The molecule has 0 heterocycles. The van der Waals surface area contributed by atoms with E-state index in [1.165, 1.54) is 12.7 Å². The molecule has 0 spiro atoms. The summed E-state index contributed by atoms with van der Waals surface area (Å²) in [6, 6.07) is 0. The summed E-state index contributed by atoms with van der Waals surface area (Å²) in [6.07, 6.45) is 5.93. The lowest BCUT2D eigenvalue weighted by atomic mass is 9.82. The molecule has 14 heavy (non-hydrogen) atoms. The fraction of sp³-hybridized carbons (Fsp3) is 1.00. The summed E-state index contributed by atoms with van der Waals surface area (Å²) < 4.78 is 22.1. The molecule has 3 atom stereocenters. The summed E-state index contributed by atoms with van der Waals surface area (Å²) >= 11 is 0. The monoisotopic (exact) mass is 218 g/mol. The van der Waals surface area contributed by atoms with E-state index in [-0.39, 0.29) is 5.75 Å². The van der Waals surface area contributed by atoms with Crippen molar-refractivity contribution in [2.24, 2.45) is 11.8 Å². The van der Waals surface area contributed by atoms with E-state index in [0.29, 0.717) is 18.3 Å². The van der Waals surface area contributed by atoms with Crippen LogP contribution in [0.25, 0.3) is 0 Å². The van der Waals surface area contributed by atoms with E-state index in [9.17, 15) is 13.5 Å². The molecule has 82 valence electrons. The third-order valence-electron chi connectivity index (χ3n) is 3.85.